The van der Waals surface area contributed by atoms with Crippen molar-refractivity contribution in [3.8, 4) is 0 Å². The zero-order valence-electron chi connectivity index (χ0n) is 9.31. The van der Waals surface area contributed by atoms with Crippen LogP contribution in [0.2, 0.25) is 0 Å². The third kappa shape index (κ3) is 11.9. The number of hydrogen-bond acceptors (Lipinski definition) is 3. The van der Waals surface area contributed by atoms with E-state index in [9.17, 15) is 0 Å². The van der Waals surface area contributed by atoms with Gasteiger partial charge in [0.25, 0.3) is 0 Å². The van der Waals surface area contributed by atoms with Crippen LogP contribution in [0.25, 0.3) is 0 Å². The molecule has 0 rings (SSSR count). The molecule has 0 spiro atoms. The molecule has 0 aliphatic rings. The fraction of sp³-hybridized carbons (Fsp3) is 1.00. The summed E-state index contributed by atoms with van der Waals surface area (Å²) in [6.45, 7) is 7.10. The molecule has 0 aromatic rings. The van der Waals surface area contributed by atoms with Crippen molar-refractivity contribution in [3.63, 3.8) is 0 Å². The van der Waals surface area contributed by atoms with Gasteiger partial charge in [-0.15, -0.1) is 0 Å². The highest BCUT2D eigenvalue weighted by molar-refractivity contribution is 4.45. The molecule has 0 radical (unpaired) electrons. The third-order valence-corrected chi connectivity index (χ3v) is 1.83. The Morgan fingerprint density at radius 3 is 2.54 bits per heavy atom. The fourth-order valence-electron chi connectivity index (χ4n) is 0.980. The van der Waals surface area contributed by atoms with Gasteiger partial charge in [-0.05, 0) is 40.0 Å². The first-order valence-corrected chi connectivity index (χ1v) is 5.20. The standard InChI is InChI=1S/C10H24N2O/c1-4-11-7-5-6-9-13-10-8-12(2)3/h11H,4-10H2,1-3H3. The fourth-order valence-corrected chi connectivity index (χ4v) is 0.980. The van der Waals surface area contributed by atoms with Gasteiger partial charge in [0.15, 0.2) is 0 Å². The van der Waals surface area contributed by atoms with Crippen LogP contribution < -0.4 is 5.32 Å². The highest BCUT2D eigenvalue weighted by Crippen LogP contribution is 1.88. The van der Waals surface area contributed by atoms with Crippen LogP contribution in [0.5, 0.6) is 0 Å². The van der Waals surface area contributed by atoms with E-state index in [-0.39, 0.29) is 0 Å². The van der Waals surface area contributed by atoms with Gasteiger partial charge in [-0.3, -0.25) is 0 Å². The Kier molecular flexibility index (Phi) is 9.87. The zero-order valence-corrected chi connectivity index (χ0v) is 9.31. The Hall–Kier alpha value is -0.120. The SMILES string of the molecule is CCNCCCCOCCN(C)C. The predicted molar refractivity (Wildman–Crippen MR) is 57.2 cm³/mol. The molecule has 1 N–H and O–H groups in total. The first-order chi connectivity index (χ1) is 6.27. The molecule has 0 heterocycles. The summed E-state index contributed by atoms with van der Waals surface area (Å²) >= 11 is 0. The molecule has 0 amide bonds. The molecule has 0 saturated heterocycles. The van der Waals surface area contributed by atoms with Crippen molar-refractivity contribution in [1.82, 2.24) is 10.2 Å². The molecule has 0 fully saturated rings. The lowest BCUT2D eigenvalue weighted by atomic mass is 10.3. The maximum atomic E-state index is 5.46. The van der Waals surface area contributed by atoms with Gasteiger partial charge in [0.05, 0.1) is 6.61 Å². The average Bonchev–Trinajstić information content (AvgIpc) is 2.09. The molecule has 3 nitrogen and oxygen atoms in total. The van der Waals surface area contributed by atoms with Crippen molar-refractivity contribution >= 4 is 0 Å². The van der Waals surface area contributed by atoms with Gasteiger partial charge in [-0.25, -0.2) is 0 Å². The zero-order chi connectivity index (χ0) is 9.94. The van der Waals surface area contributed by atoms with Crippen LogP contribution in [0.1, 0.15) is 19.8 Å². The minimum atomic E-state index is 0.855. The van der Waals surface area contributed by atoms with Gasteiger partial charge in [0, 0.05) is 13.2 Å². The largest absolute Gasteiger partial charge is 0.380 e. The normalized spacial score (nSPS) is 11.1. The molecule has 80 valence electrons. The first-order valence-electron chi connectivity index (χ1n) is 5.20. The minimum absolute atomic E-state index is 0.855. The van der Waals surface area contributed by atoms with E-state index < -0.39 is 0 Å². The van der Waals surface area contributed by atoms with E-state index in [4.69, 9.17) is 4.74 Å². The molecular formula is C10H24N2O. The lowest BCUT2D eigenvalue weighted by Gasteiger charge is -2.09. The monoisotopic (exact) mass is 188 g/mol. The van der Waals surface area contributed by atoms with Crippen molar-refractivity contribution in [2.24, 2.45) is 0 Å². The van der Waals surface area contributed by atoms with Gasteiger partial charge in [0.1, 0.15) is 0 Å². The predicted octanol–water partition coefficient (Wildman–Crippen LogP) is 0.954. The van der Waals surface area contributed by atoms with E-state index in [1.54, 1.807) is 0 Å². The quantitative estimate of drug-likeness (QED) is 0.545. The summed E-state index contributed by atoms with van der Waals surface area (Å²) in [6.07, 6.45) is 2.39. The van der Waals surface area contributed by atoms with Crippen LogP contribution in [-0.4, -0.2) is 51.8 Å². The van der Waals surface area contributed by atoms with Crippen LogP contribution in [0.3, 0.4) is 0 Å². The first kappa shape index (κ1) is 12.9. The number of rotatable bonds is 9. The summed E-state index contributed by atoms with van der Waals surface area (Å²) in [5.41, 5.74) is 0. The summed E-state index contributed by atoms with van der Waals surface area (Å²) in [7, 11) is 4.13. The molecule has 0 aliphatic heterocycles. The van der Waals surface area contributed by atoms with Crippen LogP contribution in [0, 0.1) is 0 Å². The van der Waals surface area contributed by atoms with E-state index >= 15 is 0 Å². The number of ether oxygens (including phenoxy) is 1. The lowest BCUT2D eigenvalue weighted by molar-refractivity contribution is 0.114. The Balaban J connectivity index is 2.84. The second-order valence-electron chi connectivity index (χ2n) is 3.48. The Morgan fingerprint density at radius 1 is 1.15 bits per heavy atom. The summed E-state index contributed by atoms with van der Waals surface area (Å²) in [5.74, 6) is 0. The van der Waals surface area contributed by atoms with Crippen LogP contribution in [-0.2, 0) is 4.74 Å². The smallest absolute Gasteiger partial charge is 0.0593 e. The number of likely N-dealkylation sites (N-methyl/N-ethyl adjacent to an activating group) is 1. The van der Waals surface area contributed by atoms with Gasteiger partial charge >= 0.3 is 0 Å². The summed E-state index contributed by atoms with van der Waals surface area (Å²) in [4.78, 5) is 2.14. The van der Waals surface area contributed by atoms with Crippen LogP contribution in [0.4, 0.5) is 0 Å². The molecule has 3 heteroatoms. The Labute approximate surface area is 82.4 Å². The molecule has 0 aliphatic carbocycles. The van der Waals surface area contributed by atoms with Gasteiger partial charge in [-0.1, -0.05) is 6.92 Å². The number of hydrogen-bond donors (Lipinski definition) is 1. The maximum absolute atomic E-state index is 5.46. The number of nitrogens with zero attached hydrogens (tertiary/aromatic N) is 1. The second-order valence-corrected chi connectivity index (χ2v) is 3.48. The van der Waals surface area contributed by atoms with E-state index in [0.717, 1.165) is 32.8 Å². The van der Waals surface area contributed by atoms with Crippen molar-refractivity contribution in [1.29, 1.82) is 0 Å². The molecule has 0 atom stereocenters. The average molecular weight is 188 g/mol. The molecule has 13 heavy (non-hydrogen) atoms. The summed E-state index contributed by atoms with van der Waals surface area (Å²) < 4.78 is 5.46. The molecule has 0 bridgehead atoms. The molecule has 0 aromatic carbocycles. The highest BCUT2D eigenvalue weighted by atomic mass is 16.5. The van der Waals surface area contributed by atoms with E-state index in [1.807, 2.05) is 0 Å². The van der Waals surface area contributed by atoms with Crippen molar-refractivity contribution in [3.05, 3.63) is 0 Å². The second kappa shape index (κ2) is 9.96. The lowest BCUT2D eigenvalue weighted by Crippen LogP contribution is -2.18. The topological polar surface area (TPSA) is 24.5 Å². The van der Waals surface area contributed by atoms with Gasteiger partial charge < -0.3 is 15.0 Å². The molecule has 0 saturated carbocycles. The Bertz CT molecular complexity index is 96.9. The Morgan fingerprint density at radius 2 is 1.92 bits per heavy atom. The van der Waals surface area contributed by atoms with Gasteiger partial charge in [-0.2, -0.15) is 0 Å². The number of unbranched alkanes of at least 4 members (excludes halogenated alkanes) is 1. The van der Waals surface area contributed by atoms with Crippen molar-refractivity contribution in [2.75, 3.05) is 46.9 Å². The summed E-state index contributed by atoms with van der Waals surface area (Å²) in [5, 5.41) is 3.29. The number of nitrogens with one attached hydrogen (secondary N) is 1. The highest BCUT2D eigenvalue weighted by Gasteiger charge is 1.91. The van der Waals surface area contributed by atoms with Gasteiger partial charge in [0.2, 0.25) is 0 Å². The minimum Gasteiger partial charge on any atom is -0.380 e. The van der Waals surface area contributed by atoms with Crippen molar-refractivity contribution in [2.45, 2.75) is 19.8 Å². The van der Waals surface area contributed by atoms with Crippen molar-refractivity contribution < 1.29 is 4.74 Å². The van der Waals surface area contributed by atoms with E-state index in [2.05, 4.69) is 31.2 Å². The third-order valence-electron chi connectivity index (χ3n) is 1.83. The molecule has 0 aromatic heterocycles. The molecule has 0 unspecified atom stereocenters. The maximum Gasteiger partial charge on any atom is 0.0593 e. The van der Waals surface area contributed by atoms with E-state index in [1.165, 1.54) is 12.8 Å². The van der Waals surface area contributed by atoms with Crippen LogP contribution >= 0.6 is 0 Å². The molecular weight excluding hydrogens is 164 g/mol. The van der Waals surface area contributed by atoms with Crippen LogP contribution in [0.15, 0.2) is 0 Å². The summed E-state index contributed by atoms with van der Waals surface area (Å²) in [6, 6.07) is 0. The van der Waals surface area contributed by atoms with E-state index in [0.29, 0.717) is 0 Å².